The SMILES string of the molecule is CN(CCOc1cccc(Cl)c1)c1ccc2nnc(-c3ccsc3)n2n1. The maximum atomic E-state index is 5.97. The Balaban J connectivity index is 1.48. The van der Waals surface area contributed by atoms with Crippen molar-refractivity contribution in [1.29, 1.82) is 0 Å². The number of nitrogens with zero attached hydrogens (tertiary/aromatic N) is 5. The Labute approximate surface area is 159 Å². The van der Waals surface area contributed by atoms with Gasteiger partial charge in [-0.25, -0.2) is 0 Å². The molecular formula is C18H16ClN5OS. The summed E-state index contributed by atoms with van der Waals surface area (Å²) in [6.45, 7) is 1.21. The van der Waals surface area contributed by atoms with Crippen LogP contribution >= 0.6 is 22.9 Å². The Bertz CT molecular complexity index is 1020. The Morgan fingerprint density at radius 2 is 2.12 bits per heavy atom. The molecule has 0 radical (unpaired) electrons. The van der Waals surface area contributed by atoms with Crippen LogP contribution in [0.25, 0.3) is 17.0 Å². The summed E-state index contributed by atoms with van der Waals surface area (Å²) in [6.07, 6.45) is 0. The van der Waals surface area contributed by atoms with E-state index in [1.165, 1.54) is 0 Å². The van der Waals surface area contributed by atoms with E-state index in [9.17, 15) is 0 Å². The third-order valence-corrected chi connectivity index (χ3v) is 4.83. The molecule has 0 saturated carbocycles. The number of likely N-dealkylation sites (N-methyl/N-ethyl adjacent to an activating group) is 1. The molecule has 8 heteroatoms. The highest BCUT2D eigenvalue weighted by Gasteiger charge is 2.12. The summed E-state index contributed by atoms with van der Waals surface area (Å²) >= 11 is 7.59. The molecule has 0 aliphatic heterocycles. The van der Waals surface area contributed by atoms with Gasteiger partial charge >= 0.3 is 0 Å². The lowest BCUT2D eigenvalue weighted by Gasteiger charge is -2.18. The summed E-state index contributed by atoms with van der Waals surface area (Å²) in [6, 6.07) is 13.2. The van der Waals surface area contributed by atoms with Crippen LogP contribution in [0.2, 0.25) is 5.02 Å². The van der Waals surface area contributed by atoms with Crippen molar-refractivity contribution in [3.63, 3.8) is 0 Å². The molecule has 0 atom stereocenters. The fourth-order valence-electron chi connectivity index (χ4n) is 2.53. The molecule has 4 aromatic rings. The second-order valence-corrected chi connectivity index (χ2v) is 6.94. The molecule has 0 aliphatic rings. The first-order valence-electron chi connectivity index (χ1n) is 8.05. The minimum atomic E-state index is 0.524. The Morgan fingerprint density at radius 3 is 2.92 bits per heavy atom. The van der Waals surface area contributed by atoms with Gasteiger partial charge in [-0.3, -0.25) is 0 Å². The van der Waals surface area contributed by atoms with E-state index in [1.54, 1.807) is 21.9 Å². The number of hydrogen-bond acceptors (Lipinski definition) is 6. The molecule has 0 amide bonds. The first kappa shape index (κ1) is 16.8. The van der Waals surface area contributed by atoms with Gasteiger partial charge in [0, 0.05) is 23.0 Å². The summed E-state index contributed by atoms with van der Waals surface area (Å²) in [5, 5.41) is 17.8. The highest BCUT2D eigenvalue weighted by Crippen LogP contribution is 2.21. The third-order valence-electron chi connectivity index (χ3n) is 3.91. The summed E-state index contributed by atoms with van der Waals surface area (Å²) in [4.78, 5) is 2.03. The predicted octanol–water partition coefficient (Wildman–Crippen LogP) is 4.02. The normalized spacial score (nSPS) is 11.0. The smallest absolute Gasteiger partial charge is 0.186 e. The van der Waals surface area contributed by atoms with E-state index in [1.807, 2.05) is 59.1 Å². The van der Waals surface area contributed by atoms with E-state index >= 15 is 0 Å². The largest absolute Gasteiger partial charge is 0.492 e. The molecule has 4 rings (SSSR count). The van der Waals surface area contributed by atoms with E-state index in [0.717, 1.165) is 28.6 Å². The van der Waals surface area contributed by atoms with Gasteiger partial charge in [-0.1, -0.05) is 17.7 Å². The molecule has 0 aliphatic carbocycles. The van der Waals surface area contributed by atoms with E-state index in [4.69, 9.17) is 16.3 Å². The maximum absolute atomic E-state index is 5.97. The fourth-order valence-corrected chi connectivity index (χ4v) is 3.34. The molecule has 0 unspecified atom stereocenters. The minimum Gasteiger partial charge on any atom is -0.492 e. The maximum Gasteiger partial charge on any atom is 0.186 e. The number of thiophene rings is 1. The van der Waals surface area contributed by atoms with Crippen LogP contribution in [-0.4, -0.2) is 40.0 Å². The van der Waals surface area contributed by atoms with Crippen molar-refractivity contribution in [2.24, 2.45) is 0 Å². The topological polar surface area (TPSA) is 55.5 Å². The van der Waals surface area contributed by atoms with Crippen LogP contribution in [0.3, 0.4) is 0 Å². The number of hydrogen-bond donors (Lipinski definition) is 0. The molecule has 3 heterocycles. The molecule has 0 saturated heterocycles. The zero-order valence-electron chi connectivity index (χ0n) is 14.0. The van der Waals surface area contributed by atoms with Crippen molar-refractivity contribution >= 4 is 34.4 Å². The number of anilines is 1. The molecule has 0 bridgehead atoms. The van der Waals surface area contributed by atoms with Crippen molar-refractivity contribution in [1.82, 2.24) is 19.8 Å². The first-order chi connectivity index (χ1) is 12.7. The van der Waals surface area contributed by atoms with Gasteiger partial charge in [-0.05, 0) is 41.8 Å². The Kier molecular flexibility index (Phi) is 4.73. The van der Waals surface area contributed by atoms with Crippen LogP contribution in [0.15, 0.2) is 53.2 Å². The van der Waals surface area contributed by atoms with Crippen molar-refractivity contribution in [2.45, 2.75) is 0 Å². The zero-order valence-corrected chi connectivity index (χ0v) is 15.6. The van der Waals surface area contributed by atoms with Gasteiger partial charge < -0.3 is 9.64 Å². The van der Waals surface area contributed by atoms with Crippen LogP contribution in [0, 0.1) is 0 Å². The third kappa shape index (κ3) is 3.49. The average Bonchev–Trinajstić information content (AvgIpc) is 3.30. The molecule has 132 valence electrons. The lowest BCUT2D eigenvalue weighted by atomic mass is 10.3. The molecule has 0 fully saturated rings. The lowest BCUT2D eigenvalue weighted by molar-refractivity contribution is 0.325. The molecule has 3 aromatic heterocycles. The van der Waals surface area contributed by atoms with Gasteiger partial charge in [0.2, 0.25) is 0 Å². The molecule has 0 N–H and O–H groups in total. The average molecular weight is 386 g/mol. The van der Waals surface area contributed by atoms with Crippen molar-refractivity contribution in [3.8, 4) is 17.1 Å². The van der Waals surface area contributed by atoms with Crippen molar-refractivity contribution in [2.75, 3.05) is 25.1 Å². The van der Waals surface area contributed by atoms with E-state index in [-0.39, 0.29) is 0 Å². The lowest BCUT2D eigenvalue weighted by Crippen LogP contribution is -2.25. The van der Waals surface area contributed by atoms with Gasteiger partial charge in [-0.15, -0.1) is 15.3 Å². The van der Waals surface area contributed by atoms with Crippen LogP contribution in [-0.2, 0) is 0 Å². The molecule has 0 spiro atoms. The van der Waals surface area contributed by atoms with E-state index < -0.39 is 0 Å². The number of ether oxygens (including phenoxy) is 1. The van der Waals surface area contributed by atoms with Crippen LogP contribution in [0.1, 0.15) is 0 Å². The minimum absolute atomic E-state index is 0.524. The zero-order chi connectivity index (χ0) is 17.9. The van der Waals surface area contributed by atoms with Gasteiger partial charge in [0.1, 0.15) is 18.2 Å². The quantitative estimate of drug-likeness (QED) is 0.501. The Hall–Kier alpha value is -2.64. The van der Waals surface area contributed by atoms with Gasteiger partial charge in [-0.2, -0.15) is 15.9 Å². The second-order valence-electron chi connectivity index (χ2n) is 5.72. The summed E-state index contributed by atoms with van der Waals surface area (Å²) < 4.78 is 7.52. The number of halogens is 1. The highest BCUT2D eigenvalue weighted by molar-refractivity contribution is 7.08. The van der Waals surface area contributed by atoms with Gasteiger partial charge in [0.05, 0.1) is 6.54 Å². The summed E-state index contributed by atoms with van der Waals surface area (Å²) in [5.41, 5.74) is 1.73. The number of rotatable bonds is 6. The van der Waals surface area contributed by atoms with Crippen molar-refractivity contribution < 1.29 is 4.74 Å². The Morgan fingerprint density at radius 1 is 1.19 bits per heavy atom. The highest BCUT2D eigenvalue weighted by atomic mass is 35.5. The fraction of sp³-hybridized carbons (Fsp3) is 0.167. The first-order valence-corrected chi connectivity index (χ1v) is 9.37. The standard InChI is InChI=1S/C18H16ClN5OS/c1-23(8-9-25-15-4-2-3-14(19)11-15)17-6-5-16-20-21-18(24(16)22-17)13-7-10-26-12-13/h2-7,10-12H,8-9H2,1H3. The number of fused-ring (bicyclic) bond motifs is 1. The second kappa shape index (κ2) is 7.31. The molecule has 26 heavy (non-hydrogen) atoms. The van der Waals surface area contributed by atoms with E-state index in [0.29, 0.717) is 18.2 Å². The summed E-state index contributed by atoms with van der Waals surface area (Å²) in [7, 11) is 1.98. The van der Waals surface area contributed by atoms with Crippen LogP contribution < -0.4 is 9.64 Å². The molecular weight excluding hydrogens is 370 g/mol. The van der Waals surface area contributed by atoms with Gasteiger partial charge in [0.15, 0.2) is 11.5 Å². The van der Waals surface area contributed by atoms with Crippen molar-refractivity contribution in [3.05, 3.63) is 58.2 Å². The van der Waals surface area contributed by atoms with Crippen LogP contribution in [0.5, 0.6) is 5.75 Å². The van der Waals surface area contributed by atoms with Gasteiger partial charge in [0.25, 0.3) is 0 Å². The molecule has 6 nitrogen and oxygen atoms in total. The number of benzene rings is 1. The predicted molar refractivity (Wildman–Crippen MR) is 104 cm³/mol. The monoisotopic (exact) mass is 385 g/mol. The summed E-state index contributed by atoms with van der Waals surface area (Å²) in [5.74, 6) is 2.32. The van der Waals surface area contributed by atoms with Crippen LogP contribution in [0.4, 0.5) is 5.82 Å². The molecule has 1 aromatic carbocycles. The van der Waals surface area contributed by atoms with E-state index in [2.05, 4.69) is 15.3 Å². The number of aromatic nitrogens is 4.